The molecule has 0 bridgehead atoms. The predicted octanol–water partition coefficient (Wildman–Crippen LogP) is 4.72. The average molecular weight is 677 g/mol. The zero-order valence-electron chi connectivity index (χ0n) is 22.0. The number of hydrogen-bond acceptors (Lipinski definition) is 8. The van der Waals surface area contributed by atoms with Gasteiger partial charge in [-0.05, 0) is 93.1 Å². The van der Waals surface area contributed by atoms with Gasteiger partial charge in [0.25, 0.3) is 0 Å². The van der Waals surface area contributed by atoms with Crippen molar-refractivity contribution >= 4 is 59.5 Å². The van der Waals surface area contributed by atoms with Crippen LogP contribution in [0.4, 0.5) is 0 Å². The van der Waals surface area contributed by atoms with Crippen molar-refractivity contribution in [3.05, 3.63) is 50.4 Å². The standard InChI is InChI=1S/C26H31Br2NO8S/c1-7-36-24(31)26(29-16(5)30,25(32)37-8-2)14-17-11-20(27)23(21(28)12-17)38(33,34)18-9-10-22(35-6)19(13-18)15(3)4/h9-13,15H,7-8,14H2,1-6H3,(H,29,30). The van der Waals surface area contributed by atoms with Gasteiger partial charge in [-0.1, -0.05) is 13.8 Å². The van der Waals surface area contributed by atoms with Crippen LogP contribution in [0.15, 0.2) is 49.1 Å². The van der Waals surface area contributed by atoms with Gasteiger partial charge in [-0.2, -0.15) is 0 Å². The monoisotopic (exact) mass is 675 g/mol. The summed E-state index contributed by atoms with van der Waals surface area (Å²) in [6, 6.07) is 7.60. The fourth-order valence-corrected chi connectivity index (χ4v) is 7.87. The molecule has 0 heterocycles. The highest BCUT2D eigenvalue weighted by atomic mass is 79.9. The minimum Gasteiger partial charge on any atom is -0.496 e. The van der Waals surface area contributed by atoms with E-state index in [1.165, 1.54) is 25.3 Å². The molecule has 0 aromatic heterocycles. The maximum Gasteiger partial charge on any atom is 0.344 e. The van der Waals surface area contributed by atoms with Crippen molar-refractivity contribution in [3.63, 3.8) is 0 Å². The summed E-state index contributed by atoms with van der Waals surface area (Å²) in [5.41, 5.74) is -1.07. The fraction of sp³-hybridized carbons (Fsp3) is 0.423. The summed E-state index contributed by atoms with van der Waals surface area (Å²) < 4.78 is 43.3. The lowest BCUT2D eigenvalue weighted by Gasteiger charge is -2.30. The van der Waals surface area contributed by atoms with E-state index in [0.717, 1.165) is 12.5 Å². The number of rotatable bonds is 11. The predicted molar refractivity (Wildman–Crippen MR) is 148 cm³/mol. The van der Waals surface area contributed by atoms with Crippen LogP contribution in [-0.2, 0) is 40.1 Å². The van der Waals surface area contributed by atoms with Crippen molar-refractivity contribution in [2.24, 2.45) is 0 Å². The second-order valence-electron chi connectivity index (χ2n) is 8.65. The Bertz CT molecular complexity index is 1280. The molecule has 0 aliphatic carbocycles. The maximum atomic E-state index is 13.7. The number of carbonyl (C=O) groups excluding carboxylic acids is 3. The molecule has 12 heteroatoms. The largest absolute Gasteiger partial charge is 0.496 e. The number of sulfone groups is 1. The number of benzene rings is 2. The number of amides is 1. The lowest BCUT2D eigenvalue weighted by Crippen LogP contribution is -2.62. The van der Waals surface area contributed by atoms with Gasteiger partial charge in [-0.25, -0.2) is 18.0 Å². The van der Waals surface area contributed by atoms with E-state index in [4.69, 9.17) is 14.2 Å². The summed E-state index contributed by atoms with van der Waals surface area (Å²) in [6.45, 7) is 8.09. The van der Waals surface area contributed by atoms with E-state index in [1.54, 1.807) is 26.0 Å². The Morgan fingerprint density at radius 2 is 1.50 bits per heavy atom. The van der Waals surface area contributed by atoms with Crippen LogP contribution in [0.5, 0.6) is 5.75 Å². The molecular weight excluding hydrogens is 646 g/mol. The molecule has 2 aromatic carbocycles. The van der Waals surface area contributed by atoms with Gasteiger partial charge in [0.2, 0.25) is 21.3 Å². The second-order valence-corrected chi connectivity index (χ2v) is 12.2. The minimum absolute atomic E-state index is 0.0157. The third kappa shape index (κ3) is 6.76. The first kappa shape index (κ1) is 31.8. The van der Waals surface area contributed by atoms with E-state index in [2.05, 4.69) is 37.2 Å². The van der Waals surface area contributed by atoms with E-state index in [-0.39, 0.29) is 44.3 Å². The van der Waals surface area contributed by atoms with Gasteiger partial charge in [0.15, 0.2) is 0 Å². The highest BCUT2D eigenvalue weighted by Crippen LogP contribution is 2.38. The molecule has 0 atom stereocenters. The van der Waals surface area contributed by atoms with E-state index in [1.807, 2.05) is 13.8 Å². The van der Waals surface area contributed by atoms with Gasteiger partial charge < -0.3 is 19.5 Å². The number of methoxy groups -OCH3 is 1. The molecule has 9 nitrogen and oxygen atoms in total. The van der Waals surface area contributed by atoms with Crippen LogP contribution >= 0.6 is 31.9 Å². The van der Waals surface area contributed by atoms with Crippen LogP contribution in [0.2, 0.25) is 0 Å². The molecule has 208 valence electrons. The Labute approximate surface area is 239 Å². The molecule has 0 radical (unpaired) electrons. The molecule has 1 N–H and O–H groups in total. The van der Waals surface area contributed by atoms with Crippen LogP contribution < -0.4 is 10.1 Å². The molecule has 0 saturated heterocycles. The lowest BCUT2D eigenvalue weighted by atomic mass is 9.90. The first-order valence-electron chi connectivity index (χ1n) is 11.8. The molecule has 0 unspecified atom stereocenters. The van der Waals surface area contributed by atoms with E-state index >= 15 is 0 Å². The quantitative estimate of drug-likeness (QED) is 0.268. The Morgan fingerprint density at radius 1 is 0.974 bits per heavy atom. The van der Waals surface area contributed by atoms with Gasteiger partial charge in [-0.3, -0.25) is 4.79 Å². The Balaban J connectivity index is 2.65. The minimum atomic E-state index is -4.01. The van der Waals surface area contributed by atoms with Gasteiger partial charge >= 0.3 is 11.9 Å². The maximum absolute atomic E-state index is 13.7. The first-order chi connectivity index (χ1) is 17.7. The number of esters is 2. The number of ether oxygens (including phenoxy) is 3. The molecule has 0 fully saturated rings. The smallest absolute Gasteiger partial charge is 0.344 e. The number of nitrogens with one attached hydrogen (secondary N) is 1. The molecule has 1 amide bonds. The SMILES string of the molecule is CCOC(=O)C(Cc1cc(Br)c(S(=O)(=O)c2ccc(OC)c(C(C)C)c2)c(Br)c1)(NC(C)=O)C(=O)OCC. The Morgan fingerprint density at radius 3 is 1.92 bits per heavy atom. The Hall–Kier alpha value is -2.44. The van der Waals surface area contributed by atoms with Crippen molar-refractivity contribution in [2.75, 3.05) is 20.3 Å². The topological polar surface area (TPSA) is 125 Å². The van der Waals surface area contributed by atoms with Crippen LogP contribution in [-0.4, -0.2) is 52.1 Å². The molecule has 0 aliphatic rings. The molecule has 0 saturated carbocycles. The fourth-order valence-electron chi connectivity index (χ4n) is 3.91. The van der Waals surface area contributed by atoms with Crippen molar-refractivity contribution in [1.29, 1.82) is 0 Å². The molecule has 38 heavy (non-hydrogen) atoms. The highest BCUT2D eigenvalue weighted by molar-refractivity contribution is 9.11. The zero-order valence-corrected chi connectivity index (χ0v) is 26.0. The van der Waals surface area contributed by atoms with E-state index in [9.17, 15) is 22.8 Å². The van der Waals surface area contributed by atoms with Crippen molar-refractivity contribution in [2.45, 2.75) is 62.3 Å². The van der Waals surface area contributed by atoms with Crippen LogP contribution in [0, 0.1) is 0 Å². The summed E-state index contributed by atoms with van der Waals surface area (Å²) in [5.74, 6) is -2.03. The molecular formula is C26H31Br2NO8S. The summed E-state index contributed by atoms with van der Waals surface area (Å²) in [5, 5.41) is 2.40. The number of halogens is 2. The van der Waals surface area contributed by atoms with Crippen LogP contribution in [0.1, 0.15) is 51.7 Å². The zero-order chi connectivity index (χ0) is 28.8. The van der Waals surface area contributed by atoms with Gasteiger partial charge in [-0.15, -0.1) is 0 Å². The third-order valence-electron chi connectivity index (χ3n) is 5.57. The number of carbonyl (C=O) groups is 3. The summed E-state index contributed by atoms with van der Waals surface area (Å²) in [6.07, 6.45) is -0.345. The van der Waals surface area contributed by atoms with E-state index in [0.29, 0.717) is 11.3 Å². The third-order valence-corrected chi connectivity index (χ3v) is 9.19. The first-order valence-corrected chi connectivity index (χ1v) is 14.9. The van der Waals surface area contributed by atoms with Crippen molar-refractivity contribution in [3.8, 4) is 5.75 Å². The highest BCUT2D eigenvalue weighted by Gasteiger charge is 2.50. The van der Waals surface area contributed by atoms with Gasteiger partial charge in [0, 0.05) is 22.3 Å². The molecule has 2 aromatic rings. The van der Waals surface area contributed by atoms with Crippen molar-refractivity contribution in [1.82, 2.24) is 5.32 Å². The lowest BCUT2D eigenvalue weighted by molar-refractivity contribution is -0.168. The van der Waals surface area contributed by atoms with Crippen molar-refractivity contribution < 1.29 is 37.0 Å². The van der Waals surface area contributed by atoms with E-state index < -0.39 is 33.2 Å². The average Bonchev–Trinajstić information content (AvgIpc) is 2.82. The normalized spacial score (nSPS) is 11.7. The Kier molecular flexibility index (Phi) is 10.9. The van der Waals surface area contributed by atoms with Gasteiger partial charge in [0.1, 0.15) is 10.6 Å². The summed E-state index contributed by atoms with van der Waals surface area (Å²) in [4.78, 5) is 38.0. The van der Waals surface area contributed by atoms with Crippen LogP contribution in [0.3, 0.4) is 0 Å². The molecule has 2 rings (SSSR count). The molecule has 0 spiro atoms. The molecule has 0 aliphatic heterocycles. The number of hydrogen-bond donors (Lipinski definition) is 1. The summed E-state index contributed by atoms with van der Waals surface area (Å²) >= 11 is 6.69. The van der Waals surface area contributed by atoms with Crippen LogP contribution in [0.25, 0.3) is 0 Å². The van der Waals surface area contributed by atoms with Gasteiger partial charge in [0.05, 0.1) is 25.2 Å². The second kappa shape index (κ2) is 13.1. The summed E-state index contributed by atoms with van der Waals surface area (Å²) in [7, 11) is -2.49.